The van der Waals surface area contributed by atoms with Crippen molar-refractivity contribution in [3.05, 3.63) is 76.0 Å². The Labute approximate surface area is 165 Å². The summed E-state index contributed by atoms with van der Waals surface area (Å²) in [5.74, 6) is -4.93. The van der Waals surface area contributed by atoms with Gasteiger partial charge in [-0.05, 0) is 17.2 Å². The van der Waals surface area contributed by atoms with E-state index in [1.165, 1.54) is 32.0 Å². The molecule has 1 fully saturated rings. The topological polar surface area (TPSA) is 112 Å². The number of hydrogen-bond donors (Lipinski definition) is 1. The number of cyclic esters (lactones) is 2. The molecule has 4 rings (SSSR count). The third-order valence-corrected chi connectivity index (χ3v) is 4.93. The summed E-state index contributed by atoms with van der Waals surface area (Å²) in [5, 5.41) is 12.1. The molecule has 1 N–H and O–H groups in total. The van der Waals surface area contributed by atoms with Crippen LogP contribution in [-0.2, 0) is 19.1 Å². The maximum atomic E-state index is 12.8. The van der Waals surface area contributed by atoms with Gasteiger partial charge in [-0.1, -0.05) is 30.3 Å². The molecule has 0 saturated carbocycles. The molecule has 0 radical (unpaired) electrons. The number of ether oxygens (including phenoxy) is 2. The monoisotopic (exact) mass is 394 g/mol. The van der Waals surface area contributed by atoms with Crippen molar-refractivity contribution in [3.63, 3.8) is 0 Å². The summed E-state index contributed by atoms with van der Waals surface area (Å²) < 4.78 is 10.6. The van der Waals surface area contributed by atoms with E-state index in [1.807, 2.05) is 24.3 Å². The lowest BCUT2D eigenvalue weighted by atomic mass is 9.80. The van der Waals surface area contributed by atoms with E-state index in [0.717, 1.165) is 10.9 Å². The average molecular weight is 394 g/mol. The van der Waals surface area contributed by atoms with Gasteiger partial charge in [-0.2, -0.15) is 0 Å². The number of non-ortho nitro benzene ring substituents is 1. The number of nitro groups is 1. The number of para-hydroxylation sites is 1. The van der Waals surface area contributed by atoms with E-state index in [4.69, 9.17) is 9.47 Å². The van der Waals surface area contributed by atoms with Crippen LogP contribution in [0.2, 0.25) is 0 Å². The first-order valence-corrected chi connectivity index (χ1v) is 9.03. The molecule has 3 aromatic rings. The fourth-order valence-electron chi connectivity index (χ4n) is 3.74. The van der Waals surface area contributed by atoms with Gasteiger partial charge >= 0.3 is 11.9 Å². The van der Waals surface area contributed by atoms with Crippen LogP contribution in [0.15, 0.2) is 54.7 Å². The number of nitrogens with zero attached hydrogens (tertiary/aromatic N) is 1. The molecule has 29 heavy (non-hydrogen) atoms. The summed E-state index contributed by atoms with van der Waals surface area (Å²) >= 11 is 0. The van der Waals surface area contributed by atoms with Gasteiger partial charge in [-0.3, -0.25) is 19.7 Å². The molecule has 0 bridgehead atoms. The first-order chi connectivity index (χ1) is 13.8. The minimum absolute atomic E-state index is 0.134. The lowest BCUT2D eigenvalue weighted by Crippen LogP contribution is -2.48. The minimum atomic E-state index is -1.36. The van der Waals surface area contributed by atoms with Gasteiger partial charge in [0.15, 0.2) is 5.92 Å². The Kier molecular flexibility index (Phi) is 4.34. The molecule has 1 aliphatic heterocycles. The predicted octanol–water partition coefficient (Wildman–Crippen LogP) is 3.66. The van der Waals surface area contributed by atoms with Crippen LogP contribution in [0.1, 0.15) is 30.9 Å². The first kappa shape index (κ1) is 18.7. The van der Waals surface area contributed by atoms with E-state index < -0.39 is 34.5 Å². The smallest absolute Gasteiger partial charge is 0.324 e. The third-order valence-electron chi connectivity index (χ3n) is 4.93. The van der Waals surface area contributed by atoms with Gasteiger partial charge in [0, 0.05) is 49.0 Å². The lowest BCUT2D eigenvalue weighted by molar-refractivity contribution is -0.384. The summed E-state index contributed by atoms with van der Waals surface area (Å²) in [6.07, 6.45) is 1.70. The lowest BCUT2D eigenvalue weighted by Gasteiger charge is -2.36. The highest BCUT2D eigenvalue weighted by Crippen LogP contribution is 2.41. The molecule has 0 unspecified atom stereocenters. The molecule has 1 aromatic heterocycles. The first-order valence-electron chi connectivity index (χ1n) is 9.03. The number of nitrogens with one attached hydrogen (secondary N) is 1. The highest BCUT2D eigenvalue weighted by atomic mass is 16.7. The van der Waals surface area contributed by atoms with Gasteiger partial charge in [0.05, 0.1) is 4.92 Å². The van der Waals surface area contributed by atoms with Crippen molar-refractivity contribution in [2.75, 3.05) is 0 Å². The number of carbonyl (C=O) groups is 2. The number of aromatic amines is 1. The Morgan fingerprint density at radius 1 is 1.07 bits per heavy atom. The molecule has 8 nitrogen and oxygen atoms in total. The van der Waals surface area contributed by atoms with Crippen LogP contribution in [0.25, 0.3) is 10.9 Å². The normalized spacial score (nSPS) is 17.6. The standard InChI is InChI=1S/C21H18N2O6/c1-21(2)28-19(24)18(20(25)29-21)17(12-6-5-7-13(10-12)23(26)27)15-11-22-16-9-4-3-8-14(15)16/h3-11,17-18,22H,1-2H3/t17-/m1/s1. The van der Waals surface area contributed by atoms with Gasteiger partial charge in [-0.15, -0.1) is 0 Å². The maximum absolute atomic E-state index is 12.8. The largest absolute Gasteiger partial charge is 0.422 e. The van der Waals surface area contributed by atoms with Crippen LogP contribution < -0.4 is 0 Å². The number of esters is 2. The van der Waals surface area contributed by atoms with E-state index in [-0.39, 0.29) is 5.69 Å². The van der Waals surface area contributed by atoms with Crippen LogP contribution in [0.5, 0.6) is 0 Å². The quantitative estimate of drug-likeness (QED) is 0.313. The van der Waals surface area contributed by atoms with E-state index in [1.54, 1.807) is 12.3 Å². The second-order valence-electron chi connectivity index (χ2n) is 7.34. The third kappa shape index (κ3) is 3.33. The number of rotatable bonds is 4. The maximum Gasteiger partial charge on any atom is 0.324 e. The number of nitro benzene ring substituents is 1. The number of H-pyrrole nitrogens is 1. The molecule has 1 atom stereocenters. The summed E-state index contributed by atoms with van der Waals surface area (Å²) in [4.78, 5) is 39.5. The summed E-state index contributed by atoms with van der Waals surface area (Å²) in [6, 6.07) is 13.3. The van der Waals surface area contributed by atoms with Crippen LogP contribution in [0, 0.1) is 16.0 Å². The van der Waals surface area contributed by atoms with Gasteiger partial charge in [0.25, 0.3) is 11.5 Å². The number of carbonyl (C=O) groups excluding carboxylic acids is 2. The SMILES string of the molecule is CC1(C)OC(=O)C([C@H](c2cccc([N+](=O)[O-])c2)c2c[nH]c3ccccc23)C(=O)O1. The fourth-order valence-corrected chi connectivity index (χ4v) is 3.74. The number of benzene rings is 2. The number of fused-ring (bicyclic) bond motifs is 1. The molecule has 2 heterocycles. The van der Waals surface area contributed by atoms with E-state index in [0.29, 0.717) is 11.1 Å². The van der Waals surface area contributed by atoms with Crippen molar-refractivity contribution in [2.24, 2.45) is 5.92 Å². The summed E-state index contributed by atoms with van der Waals surface area (Å²) in [7, 11) is 0. The van der Waals surface area contributed by atoms with Crippen molar-refractivity contribution in [1.82, 2.24) is 4.98 Å². The number of hydrogen-bond acceptors (Lipinski definition) is 6. The van der Waals surface area contributed by atoms with E-state index >= 15 is 0 Å². The molecule has 0 aliphatic carbocycles. The second-order valence-corrected chi connectivity index (χ2v) is 7.34. The molecule has 1 saturated heterocycles. The molecular weight excluding hydrogens is 376 g/mol. The van der Waals surface area contributed by atoms with Crippen molar-refractivity contribution >= 4 is 28.5 Å². The van der Waals surface area contributed by atoms with Crippen molar-refractivity contribution in [3.8, 4) is 0 Å². The van der Waals surface area contributed by atoms with Crippen LogP contribution in [-0.4, -0.2) is 27.6 Å². The Hall–Kier alpha value is -3.68. The van der Waals surface area contributed by atoms with E-state index in [2.05, 4.69) is 4.98 Å². The van der Waals surface area contributed by atoms with Crippen LogP contribution >= 0.6 is 0 Å². The molecule has 1 aliphatic rings. The predicted molar refractivity (Wildman–Crippen MR) is 103 cm³/mol. The van der Waals surface area contributed by atoms with Crippen molar-refractivity contribution < 1.29 is 24.0 Å². The molecule has 2 aromatic carbocycles. The fraction of sp³-hybridized carbons (Fsp3) is 0.238. The molecular formula is C21H18N2O6. The van der Waals surface area contributed by atoms with Crippen LogP contribution in [0.3, 0.4) is 0 Å². The highest BCUT2D eigenvalue weighted by Gasteiger charge is 2.48. The van der Waals surface area contributed by atoms with Crippen LogP contribution in [0.4, 0.5) is 5.69 Å². The Bertz CT molecular complexity index is 1110. The highest BCUT2D eigenvalue weighted by molar-refractivity contribution is 5.99. The Balaban J connectivity index is 1.91. The number of aromatic nitrogens is 1. The zero-order chi connectivity index (χ0) is 20.8. The van der Waals surface area contributed by atoms with Gasteiger partial charge in [0.1, 0.15) is 0 Å². The zero-order valence-corrected chi connectivity index (χ0v) is 15.7. The van der Waals surface area contributed by atoms with Gasteiger partial charge < -0.3 is 14.5 Å². The average Bonchev–Trinajstić information content (AvgIpc) is 3.07. The Morgan fingerprint density at radius 2 is 1.76 bits per heavy atom. The minimum Gasteiger partial charge on any atom is -0.422 e. The van der Waals surface area contributed by atoms with Gasteiger partial charge in [0.2, 0.25) is 0 Å². The summed E-state index contributed by atoms with van der Waals surface area (Å²) in [6.45, 7) is 2.96. The second kappa shape index (κ2) is 6.73. The molecule has 0 amide bonds. The molecule has 0 spiro atoms. The Morgan fingerprint density at radius 3 is 2.45 bits per heavy atom. The molecule has 148 valence electrons. The summed E-state index contributed by atoms with van der Waals surface area (Å²) in [5.41, 5.74) is 1.78. The van der Waals surface area contributed by atoms with Crippen molar-refractivity contribution in [2.45, 2.75) is 25.6 Å². The van der Waals surface area contributed by atoms with Crippen molar-refractivity contribution in [1.29, 1.82) is 0 Å². The van der Waals surface area contributed by atoms with Gasteiger partial charge in [-0.25, -0.2) is 0 Å². The van der Waals surface area contributed by atoms with E-state index in [9.17, 15) is 19.7 Å². The molecule has 8 heteroatoms. The zero-order valence-electron chi connectivity index (χ0n) is 15.7.